The Labute approximate surface area is 147 Å². The lowest BCUT2D eigenvalue weighted by molar-refractivity contribution is 0.309. The SMILES string of the molecule is CC[C@@]1(c2cccc(-c3cc(Cl)ccc3O)c2)CCN(C)C(N)=N1. The number of phenolic OH excluding ortho intramolecular Hbond substituents is 1. The molecule has 0 bridgehead atoms. The Morgan fingerprint density at radius 2 is 2.08 bits per heavy atom. The van der Waals surface area contributed by atoms with E-state index >= 15 is 0 Å². The van der Waals surface area contributed by atoms with Crippen LogP contribution in [0.1, 0.15) is 25.3 Å². The van der Waals surface area contributed by atoms with Crippen molar-refractivity contribution in [2.45, 2.75) is 25.3 Å². The van der Waals surface area contributed by atoms with Crippen LogP contribution in [0.4, 0.5) is 0 Å². The number of nitrogens with zero attached hydrogens (tertiary/aromatic N) is 2. The first-order chi connectivity index (χ1) is 11.4. The fraction of sp³-hybridized carbons (Fsp3) is 0.316. The average molecular weight is 344 g/mol. The van der Waals surface area contributed by atoms with E-state index in [9.17, 15) is 5.11 Å². The molecule has 0 amide bonds. The molecule has 2 aromatic carbocycles. The number of aliphatic imine (C=N–C) groups is 1. The predicted octanol–water partition coefficient (Wildman–Crippen LogP) is 3.97. The fourth-order valence-electron chi connectivity index (χ4n) is 3.21. The molecule has 0 saturated heterocycles. The zero-order valence-corrected chi connectivity index (χ0v) is 14.7. The largest absolute Gasteiger partial charge is 0.507 e. The van der Waals surface area contributed by atoms with Crippen LogP contribution in [0.15, 0.2) is 47.5 Å². The molecule has 0 saturated carbocycles. The van der Waals surface area contributed by atoms with E-state index in [0.717, 1.165) is 36.1 Å². The summed E-state index contributed by atoms with van der Waals surface area (Å²) in [4.78, 5) is 6.76. The Bertz CT molecular complexity index is 790. The summed E-state index contributed by atoms with van der Waals surface area (Å²) in [5.74, 6) is 0.785. The lowest BCUT2D eigenvalue weighted by Crippen LogP contribution is -2.44. The van der Waals surface area contributed by atoms with Gasteiger partial charge in [0.25, 0.3) is 0 Å². The van der Waals surface area contributed by atoms with Crippen LogP contribution in [0.2, 0.25) is 5.02 Å². The molecular formula is C19H22ClN3O. The van der Waals surface area contributed by atoms with Gasteiger partial charge in [-0.3, -0.25) is 0 Å². The first-order valence-electron chi connectivity index (χ1n) is 8.11. The molecule has 1 aliphatic heterocycles. The smallest absolute Gasteiger partial charge is 0.191 e. The quantitative estimate of drug-likeness (QED) is 0.886. The molecule has 0 aromatic heterocycles. The van der Waals surface area contributed by atoms with Crippen LogP contribution in [-0.2, 0) is 5.54 Å². The molecule has 126 valence electrons. The van der Waals surface area contributed by atoms with Gasteiger partial charge in [0.15, 0.2) is 5.96 Å². The first-order valence-corrected chi connectivity index (χ1v) is 8.49. The summed E-state index contributed by atoms with van der Waals surface area (Å²) in [5, 5.41) is 10.8. The van der Waals surface area contributed by atoms with Crippen molar-refractivity contribution in [1.29, 1.82) is 0 Å². The van der Waals surface area contributed by atoms with Crippen molar-refractivity contribution in [3.8, 4) is 16.9 Å². The number of halogens is 1. The van der Waals surface area contributed by atoms with E-state index in [2.05, 4.69) is 19.1 Å². The molecule has 5 heteroatoms. The first kappa shape index (κ1) is 16.7. The number of benzene rings is 2. The van der Waals surface area contributed by atoms with Gasteiger partial charge in [0.1, 0.15) is 5.75 Å². The van der Waals surface area contributed by atoms with Gasteiger partial charge >= 0.3 is 0 Å². The van der Waals surface area contributed by atoms with Gasteiger partial charge in [-0.15, -0.1) is 0 Å². The van der Waals surface area contributed by atoms with Gasteiger partial charge in [0.2, 0.25) is 0 Å². The lowest BCUT2D eigenvalue weighted by Gasteiger charge is -2.37. The molecule has 24 heavy (non-hydrogen) atoms. The third-order valence-corrected chi connectivity index (χ3v) is 5.07. The summed E-state index contributed by atoms with van der Waals surface area (Å²) >= 11 is 6.09. The maximum atomic E-state index is 10.2. The highest BCUT2D eigenvalue weighted by atomic mass is 35.5. The predicted molar refractivity (Wildman–Crippen MR) is 99.4 cm³/mol. The monoisotopic (exact) mass is 343 g/mol. The van der Waals surface area contributed by atoms with Crippen LogP contribution < -0.4 is 5.73 Å². The minimum atomic E-state index is -0.319. The third-order valence-electron chi connectivity index (χ3n) is 4.83. The van der Waals surface area contributed by atoms with Gasteiger partial charge in [-0.1, -0.05) is 36.7 Å². The topological polar surface area (TPSA) is 61.8 Å². The second kappa shape index (κ2) is 6.36. The summed E-state index contributed by atoms with van der Waals surface area (Å²) in [6.45, 7) is 3.00. The summed E-state index contributed by atoms with van der Waals surface area (Å²) < 4.78 is 0. The van der Waals surface area contributed by atoms with Crippen molar-refractivity contribution in [2.75, 3.05) is 13.6 Å². The van der Waals surface area contributed by atoms with Gasteiger partial charge in [0, 0.05) is 24.2 Å². The van der Waals surface area contributed by atoms with Crippen molar-refractivity contribution < 1.29 is 5.11 Å². The summed E-state index contributed by atoms with van der Waals surface area (Å²) in [5.41, 5.74) is 8.52. The number of nitrogens with two attached hydrogens (primary N) is 1. The summed E-state index contributed by atoms with van der Waals surface area (Å²) in [6.07, 6.45) is 1.78. The molecule has 0 aliphatic carbocycles. The van der Waals surface area contributed by atoms with Gasteiger partial charge in [-0.05, 0) is 48.2 Å². The molecule has 2 aromatic rings. The van der Waals surface area contributed by atoms with Gasteiger partial charge in [0.05, 0.1) is 5.54 Å². The van der Waals surface area contributed by atoms with Gasteiger partial charge in [-0.25, -0.2) is 4.99 Å². The molecule has 1 heterocycles. The van der Waals surface area contributed by atoms with E-state index in [1.54, 1.807) is 18.2 Å². The van der Waals surface area contributed by atoms with E-state index in [-0.39, 0.29) is 11.3 Å². The zero-order valence-electron chi connectivity index (χ0n) is 14.0. The average Bonchev–Trinajstić information content (AvgIpc) is 2.60. The molecule has 0 spiro atoms. The number of guanidine groups is 1. The number of phenols is 1. The number of hydrogen-bond donors (Lipinski definition) is 2. The fourth-order valence-corrected chi connectivity index (χ4v) is 3.38. The molecule has 0 unspecified atom stereocenters. The lowest BCUT2D eigenvalue weighted by atomic mass is 9.82. The Kier molecular flexibility index (Phi) is 4.41. The number of rotatable bonds is 3. The van der Waals surface area contributed by atoms with E-state index < -0.39 is 0 Å². The van der Waals surface area contributed by atoms with Crippen LogP contribution in [0, 0.1) is 0 Å². The van der Waals surface area contributed by atoms with Crippen LogP contribution in [0.25, 0.3) is 11.1 Å². The van der Waals surface area contributed by atoms with Crippen LogP contribution >= 0.6 is 11.6 Å². The second-order valence-corrected chi connectivity index (χ2v) is 6.71. The van der Waals surface area contributed by atoms with E-state index in [1.807, 2.05) is 24.1 Å². The van der Waals surface area contributed by atoms with Crippen LogP contribution in [0.5, 0.6) is 5.75 Å². The summed E-state index contributed by atoms with van der Waals surface area (Å²) in [6, 6.07) is 13.2. The molecular weight excluding hydrogens is 322 g/mol. The molecule has 4 nitrogen and oxygen atoms in total. The molecule has 3 rings (SSSR count). The van der Waals surface area contributed by atoms with Crippen LogP contribution in [0.3, 0.4) is 0 Å². The molecule has 0 radical (unpaired) electrons. The minimum absolute atomic E-state index is 0.216. The highest BCUT2D eigenvalue weighted by Gasteiger charge is 2.34. The maximum Gasteiger partial charge on any atom is 0.191 e. The van der Waals surface area contributed by atoms with Gasteiger partial charge in [-0.2, -0.15) is 0 Å². The van der Waals surface area contributed by atoms with E-state index in [0.29, 0.717) is 11.0 Å². The van der Waals surface area contributed by atoms with Crippen molar-refractivity contribution in [3.63, 3.8) is 0 Å². The second-order valence-electron chi connectivity index (χ2n) is 6.27. The zero-order chi connectivity index (χ0) is 17.3. The standard InChI is InChI=1S/C19H22ClN3O/c1-3-19(9-10-23(2)18(21)22-19)14-6-4-5-13(11-14)16-12-15(20)7-8-17(16)24/h4-8,11-12,24H,3,9-10H2,1-2H3,(H2,21,22)/t19-/m0/s1. The van der Waals surface area contributed by atoms with Crippen molar-refractivity contribution in [1.82, 2.24) is 4.90 Å². The number of hydrogen-bond acceptors (Lipinski definition) is 4. The summed E-state index contributed by atoms with van der Waals surface area (Å²) in [7, 11) is 1.96. The molecule has 1 aliphatic rings. The highest BCUT2D eigenvalue weighted by molar-refractivity contribution is 6.31. The number of aromatic hydroxyl groups is 1. The Morgan fingerprint density at radius 1 is 1.29 bits per heavy atom. The molecule has 0 fully saturated rings. The Morgan fingerprint density at radius 3 is 2.79 bits per heavy atom. The van der Waals surface area contributed by atoms with Crippen molar-refractivity contribution in [3.05, 3.63) is 53.1 Å². The minimum Gasteiger partial charge on any atom is -0.507 e. The van der Waals surface area contributed by atoms with E-state index in [4.69, 9.17) is 22.3 Å². The van der Waals surface area contributed by atoms with Crippen molar-refractivity contribution in [2.24, 2.45) is 10.7 Å². The molecule has 3 N–H and O–H groups in total. The Balaban J connectivity index is 2.09. The normalized spacial score (nSPS) is 20.8. The maximum absolute atomic E-state index is 10.2. The Hall–Kier alpha value is -2.20. The van der Waals surface area contributed by atoms with Crippen molar-refractivity contribution >= 4 is 17.6 Å². The molecule has 1 atom stereocenters. The van der Waals surface area contributed by atoms with Gasteiger partial charge < -0.3 is 15.7 Å². The van der Waals surface area contributed by atoms with Crippen LogP contribution in [-0.4, -0.2) is 29.6 Å². The highest BCUT2D eigenvalue weighted by Crippen LogP contribution is 2.39. The third kappa shape index (κ3) is 2.94. The van der Waals surface area contributed by atoms with E-state index in [1.165, 1.54) is 0 Å².